The van der Waals surface area contributed by atoms with Crippen molar-refractivity contribution in [2.75, 3.05) is 24.8 Å². The lowest BCUT2D eigenvalue weighted by molar-refractivity contribution is 0.0742. The third-order valence-corrected chi connectivity index (χ3v) is 3.74. The van der Waals surface area contributed by atoms with Crippen LogP contribution in [0.25, 0.3) is 0 Å². The molecule has 3 nitrogen and oxygen atoms in total. The number of hydrogen-bond donors (Lipinski definition) is 1. The van der Waals surface area contributed by atoms with Crippen LogP contribution in [0.5, 0.6) is 0 Å². The summed E-state index contributed by atoms with van der Waals surface area (Å²) >= 11 is 1.62. The second-order valence-electron chi connectivity index (χ2n) is 4.29. The summed E-state index contributed by atoms with van der Waals surface area (Å²) in [6, 6.07) is 1.98. The third kappa shape index (κ3) is 3.59. The minimum atomic E-state index is -0.908. The molecule has 0 aliphatic carbocycles. The molecule has 2 N–H and O–H groups in total. The van der Waals surface area contributed by atoms with Gasteiger partial charge in [-0.25, -0.2) is 8.78 Å². The number of anilines is 1. The number of nitrogens with two attached hydrogens (primary N) is 1. The highest BCUT2D eigenvalue weighted by Gasteiger charge is 2.21. The number of hydrogen-bond acceptors (Lipinski definition) is 3. The molecule has 0 aromatic heterocycles. The number of nitrogen functional groups attached to an aromatic ring is 1. The molecule has 1 atom stereocenters. The molecule has 0 bridgehead atoms. The van der Waals surface area contributed by atoms with Crippen molar-refractivity contribution in [3.05, 3.63) is 29.3 Å². The highest BCUT2D eigenvalue weighted by atomic mass is 32.2. The Hall–Kier alpha value is -1.30. The Morgan fingerprint density at radius 2 is 1.95 bits per heavy atom. The normalized spacial score (nSPS) is 12.3. The number of rotatable bonds is 5. The van der Waals surface area contributed by atoms with Gasteiger partial charge < -0.3 is 10.6 Å². The molecule has 1 aromatic carbocycles. The van der Waals surface area contributed by atoms with Crippen molar-refractivity contribution < 1.29 is 13.6 Å². The summed E-state index contributed by atoms with van der Waals surface area (Å²) in [7, 11) is 1.64. The van der Waals surface area contributed by atoms with Crippen molar-refractivity contribution in [3.8, 4) is 0 Å². The van der Waals surface area contributed by atoms with Crippen LogP contribution in [0.1, 0.15) is 23.7 Å². The van der Waals surface area contributed by atoms with E-state index < -0.39 is 23.2 Å². The lowest BCUT2D eigenvalue weighted by Crippen LogP contribution is -2.38. The monoisotopic (exact) mass is 288 g/mol. The Morgan fingerprint density at radius 3 is 2.37 bits per heavy atom. The van der Waals surface area contributed by atoms with E-state index in [4.69, 9.17) is 5.73 Å². The maximum absolute atomic E-state index is 13.4. The largest absolute Gasteiger partial charge is 0.394 e. The molecule has 0 fully saturated rings. The molecular weight excluding hydrogens is 270 g/mol. The van der Waals surface area contributed by atoms with E-state index in [0.717, 1.165) is 24.3 Å². The fourth-order valence-corrected chi connectivity index (χ4v) is 2.62. The number of halogens is 2. The van der Waals surface area contributed by atoms with Crippen LogP contribution in [0.4, 0.5) is 14.5 Å². The van der Waals surface area contributed by atoms with Crippen LogP contribution in [0.15, 0.2) is 12.1 Å². The molecule has 1 amide bonds. The summed E-state index contributed by atoms with van der Waals surface area (Å²) in [6.07, 6.45) is 2.73. The minimum absolute atomic E-state index is 0.0220. The van der Waals surface area contributed by atoms with E-state index in [-0.39, 0.29) is 11.6 Å². The molecule has 0 saturated heterocycles. The van der Waals surface area contributed by atoms with Crippen LogP contribution in [-0.4, -0.2) is 35.9 Å². The van der Waals surface area contributed by atoms with E-state index in [1.54, 1.807) is 18.8 Å². The first-order chi connectivity index (χ1) is 8.92. The van der Waals surface area contributed by atoms with Gasteiger partial charge in [0.2, 0.25) is 0 Å². The highest BCUT2D eigenvalue weighted by Crippen LogP contribution is 2.19. The SMILES string of the molecule is CCC(CSC)N(C)C(=O)c1cc(F)c(N)c(F)c1. The Labute approximate surface area is 116 Å². The Kier molecular flexibility index (Phi) is 5.60. The molecule has 0 radical (unpaired) electrons. The Morgan fingerprint density at radius 1 is 1.42 bits per heavy atom. The maximum atomic E-state index is 13.4. The molecule has 1 aromatic rings. The summed E-state index contributed by atoms with van der Waals surface area (Å²) < 4.78 is 26.7. The molecule has 106 valence electrons. The average molecular weight is 288 g/mol. The molecule has 0 saturated carbocycles. The molecule has 0 aliphatic heterocycles. The van der Waals surface area contributed by atoms with Crippen molar-refractivity contribution >= 4 is 23.4 Å². The smallest absolute Gasteiger partial charge is 0.254 e. The van der Waals surface area contributed by atoms with E-state index in [9.17, 15) is 13.6 Å². The lowest BCUT2D eigenvalue weighted by atomic mass is 10.1. The molecule has 0 spiro atoms. The molecule has 0 aliphatic rings. The van der Waals surface area contributed by atoms with Gasteiger partial charge >= 0.3 is 0 Å². The molecule has 1 rings (SSSR count). The third-order valence-electron chi connectivity index (χ3n) is 3.02. The predicted molar refractivity (Wildman–Crippen MR) is 75.3 cm³/mol. The van der Waals surface area contributed by atoms with Crippen LogP contribution in [0, 0.1) is 11.6 Å². The zero-order valence-electron chi connectivity index (χ0n) is 11.2. The van der Waals surface area contributed by atoms with Crippen molar-refractivity contribution in [3.63, 3.8) is 0 Å². The summed E-state index contributed by atoms with van der Waals surface area (Å²) in [5, 5.41) is 0. The standard InChI is InChI=1S/C13H18F2N2OS/c1-4-9(7-19-3)17(2)13(18)8-5-10(14)12(16)11(15)6-8/h5-6,9H,4,7,16H2,1-3H3. The minimum Gasteiger partial charge on any atom is -0.394 e. The van der Waals surface area contributed by atoms with Gasteiger partial charge in [0.25, 0.3) is 5.91 Å². The van der Waals surface area contributed by atoms with Crippen LogP contribution >= 0.6 is 11.8 Å². The van der Waals surface area contributed by atoms with Crippen molar-refractivity contribution in [1.29, 1.82) is 0 Å². The van der Waals surface area contributed by atoms with Crippen molar-refractivity contribution in [2.24, 2.45) is 0 Å². The van der Waals surface area contributed by atoms with E-state index in [1.807, 2.05) is 13.2 Å². The van der Waals surface area contributed by atoms with Gasteiger partial charge in [-0.2, -0.15) is 11.8 Å². The molecule has 6 heteroatoms. The van der Waals surface area contributed by atoms with Crippen LogP contribution in [0.3, 0.4) is 0 Å². The number of carbonyl (C=O) groups excluding carboxylic acids is 1. The van der Waals surface area contributed by atoms with Crippen molar-refractivity contribution in [2.45, 2.75) is 19.4 Å². The summed E-state index contributed by atoms with van der Waals surface area (Å²) in [5.41, 5.74) is 4.60. The zero-order valence-corrected chi connectivity index (χ0v) is 12.1. The van der Waals surface area contributed by atoms with Gasteiger partial charge in [0.15, 0.2) is 0 Å². The van der Waals surface area contributed by atoms with Gasteiger partial charge in [0, 0.05) is 24.4 Å². The Balaban J connectivity index is 2.99. The van der Waals surface area contributed by atoms with Gasteiger partial charge in [0.1, 0.15) is 17.3 Å². The highest BCUT2D eigenvalue weighted by molar-refractivity contribution is 7.98. The number of carbonyl (C=O) groups is 1. The van der Waals surface area contributed by atoms with Crippen LogP contribution < -0.4 is 5.73 Å². The van der Waals surface area contributed by atoms with Gasteiger partial charge in [0.05, 0.1) is 0 Å². The average Bonchev–Trinajstić information content (AvgIpc) is 2.39. The van der Waals surface area contributed by atoms with Crippen LogP contribution in [0.2, 0.25) is 0 Å². The van der Waals surface area contributed by atoms with E-state index in [1.165, 1.54) is 4.90 Å². The zero-order chi connectivity index (χ0) is 14.6. The Bertz CT molecular complexity index is 445. The second-order valence-corrected chi connectivity index (χ2v) is 5.20. The van der Waals surface area contributed by atoms with Gasteiger partial charge in [-0.15, -0.1) is 0 Å². The molecular formula is C13H18F2N2OS. The second kappa shape index (κ2) is 6.75. The van der Waals surface area contributed by atoms with Crippen molar-refractivity contribution in [1.82, 2.24) is 4.90 Å². The molecule has 0 heterocycles. The summed E-state index contributed by atoms with van der Waals surface area (Å²) in [5.74, 6) is -1.44. The first-order valence-electron chi connectivity index (χ1n) is 5.93. The first-order valence-corrected chi connectivity index (χ1v) is 7.32. The number of nitrogens with zero attached hydrogens (tertiary/aromatic N) is 1. The lowest BCUT2D eigenvalue weighted by Gasteiger charge is -2.27. The van der Waals surface area contributed by atoms with Gasteiger partial charge in [-0.1, -0.05) is 6.92 Å². The molecule has 1 unspecified atom stereocenters. The van der Waals surface area contributed by atoms with E-state index in [2.05, 4.69) is 0 Å². The number of thioether (sulfide) groups is 1. The summed E-state index contributed by atoms with van der Waals surface area (Å²) in [4.78, 5) is 13.7. The maximum Gasteiger partial charge on any atom is 0.254 e. The topological polar surface area (TPSA) is 46.3 Å². The van der Waals surface area contributed by atoms with Gasteiger partial charge in [-0.3, -0.25) is 4.79 Å². The molecule has 19 heavy (non-hydrogen) atoms. The predicted octanol–water partition coefficient (Wildman–Crippen LogP) is 2.76. The van der Waals surface area contributed by atoms with E-state index >= 15 is 0 Å². The summed E-state index contributed by atoms with van der Waals surface area (Å²) in [6.45, 7) is 1.97. The quantitative estimate of drug-likeness (QED) is 0.847. The fourth-order valence-electron chi connectivity index (χ4n) is 1.77. The number of benzene rings is 1. The van der Waals surface area contributed by atoms with E-state index in [0.29, 0.717) is 0 Å². The first kappa shape index (κ1) is 15.8. The fraction of sp³-hybridized carbons (Fsp3) is 0.462. The van der Waals surface area contributed by atoms with Gasteiger partial charge in [-0.05, 0) is 24.8 Å². The van der Waals surface area contributed by atoms with Crippen LogP contribution in [-0.2, 0) is 0 Å². The number of amides is 1.